The van der Waals surface area contributed by atoms with Crippen LogP contribution < -0.4 is 5.73 Å². The second kappa shape index (κ2) is 5.60. The van der Waals surface area contributed by atoms with Crippen molar-refractivity contribution < 1.29 is 14.6 Å². The van der Waals surface area contributed by atoms with Crippen molar-refractivity contribution in [2.75, 3.05) is 6.61 Å². The lowest BCUT2D eigenvalue weighted by molar-refractivity contribution is 0.154. The molecule has 0 saturated carbocycles. The number of carbonyl (C=O) groups is 1. The Kier molecular flexibility index (Phi) is 5.12. The number of ether oxygens (including phenoxy) is 1. The third kappa shape index (κ3) is 5.73. The fourth-order valence-corrected chi connectivity index (χ4v) is 0.681. The van der Waals surface area contributed by atoms with E-state index in [2.05, 4.69) is 11.3 Å². The number of aliphatic hydroxyl groups excluding tert-OH is 1. The average molecular weight is 173 g/mol. The standard InChI is InChI=1S/C8H15NO3/c1-6(7(2)10)4-3-5-12-8(9)11/h7,10H,1,3-5H2,2H3,(H2,9,11). The van der Waals surface area contributed by atoms with Gasteiger partial charge < -0.3 is 15.6 Å². The molecule has 0 heterocycles. The summed E-state index contributed by atoms with van der Waals surface area (Å²) in [6.45, 7) is 5.58. The maximum absolute atomic E-state index is 10.1. The Morgan fingerprint density at radius 3 is 2.75 bits per heavy atom. The first-order chi connectivity index (χ1) is 5.54. The molecule has 3 N–H and O–H groups in total. The van der Waals surface area contributed by atoms with Gasteiger partial charge in [-0.15, -0.1) is 0 Å². The predicted molar refractivity (Wildman–Crippen MR) is 45.6 cm³/mol. The van der Waals surface area contributed by atoms with Gasteiger partial charge in [-0.3, -0.25) is 0 Å². The Labute approximate surface area is 72.0 Å². The number of amides is 1. The quantitative estimate of drug-likeness (QED) is 0.477. The minimum Gasteiger partial charge on any atom is -0.450 e. The van der Waals surface area contributed by atoms with Crippen molar-refractivity contribution in [1.82, 2.24) is 0 Å². The van der Waals surface area contributed by atoms with Gasteiger partial charge in [-0.1, -0.05) is 6.58 Å². The highest BCUT2D eigenvalue weighted by Crippen LogP contribution is 2.06. The number of carbonyl (C=O) groups excluding carboxylic acids is 1. The second-order valence-electron chi connectivity index (χ2n) is 2.61. The molecular weight excluding hydrogens is 158 g/mol. The van der Waals surface area contributed by atoms with Crippen LogP contribution in [-0.4, -0.2) is 23.9 Å². The van der Waals surface area contributed by atoms with E-state index in [1.165, 1.54) is 0 Å². The topological polar surface area (TPSA) is 72.5 Å². The lowest BCUT2D eigenvalue weighted by Gasteiger charge is -2.07. The SMILES string of the molecule is C=C(CCCOC(N)=O)C(C)O. The van der Waals surface area contributed by atoms with Crippen LogP contribution in [0.1, 0.15) is 19.8 Å². The summed E-state index contributed by atoms with van der Waals surface area (Å²) in [4.78, 5) is 10.1. The van der Waals surface area contributed by atoms with Gasteiger partial charge in [0.15, 0.2) is 0 Å². The monoisotopic (exact) mass is 173 g/mol. The fourth-order valence-electron chi connectivity index (χ4n) is 0.681. The Morgan fingerprint density at radius 1 is 1.75 bits per heavy atom. The van der Waals surface area contributed by atoms with Crippen molar-refractivity contribution in [2.24, 2.45) is 5.73 Å². The Morgan fingerprint density at radius 2 is 2.33 bits per heavy atom. The van der Waals surface area contributed by atoms with Crippen LogP contribution in [0.4, 0.5) is 4.79 Å². The summed E-state index contributed by atoms with van der Waals surface area (Å²) in [6.07, 6.45) is 0.0219. The molecular formula is C8H15NO3. The van der Waals surface area contributed by atoms with Crippen molar-refractivity contribution in [3.8, 4) is 0 Å². The molecule has 0 aliphatic rings. The molecule has 0 radical (unpaired) electrons. The van der Waals surface area contributed by atoms with Crippen molar-refractivity contribution >= 4 is 6.09 Å². The van der Waals surface area contributed by atoms with Crippen LogP contribution in [0, 0.1) is 0 Å². The summed E-state index contributed by atoms with van der Waals surface area (Å²) in [5.74, 6) is 0. The summed E-state index contributed by atoms with van der Waals surface area (Å²) >= 11 is 0. The van der Waals surface area contributed by atoms with Crippen LogP contribution in [0.5, 0.6) is 0 Å². The zero-order valence-electron chi connectivity index (χ0n) is 7.25. The average Bonchev–Trinajstić information content (AvgIpc) is 1.97. The third-order valence-electron chi connectivity index (χ3n) is 1.48. The second-order valence-corrected chi connectivity index (χ2v) is 2.61. The summed E-state index contributed by atoms with van der Waals surface area (Å²) in [5, 5.41) is 9.00. The van der Waals surface area contributed by atoms with Gasteiger partial charge >= 0.3 is 6.09 Å². The van der Waals surface area contributed by atoms with Crippen LogP contribution in [0.2, 0.25) is 0 Å². The molecule has 0 rings (SSSR count). The van der Waals surface area contributed by atoms with Crippen molar-refractivity contribution in [1.29, 1.82) is 0 Å². The van der Waals surface area contributed by atoms with E-state index in [9.17, 15) is 4.79 Å². The van der Waals surface area contributed by atoms with E-state index in [1.54, 1.807) is 6.92 Å². The molecule has 12 heavy (non-hydrogen) atoms. The molecule has 0 saturated heterocycles. The van der Waals surface area contributed by atoms with Crippen LogP contribution in [0.25, 0.3) is 0 Å². The number of hydrogen-bond donors (Lipinski definition) is 2. The first kappa shape index (κ1) is 11.0. The lowest BCUT2D eigenvalue weighted by atomic mass is 10.1. The van der Waals surface area contributed by atoms with E-state index in [4.69, 9.17) is 10.8 Å². The van der Waals surface area contributed by atoms with Crippen LogP contribution >= 0.6 is 0 Å². The molecule has 1 atom stereocenters. The molecule has 0 aromatic carbocycles. The van der Waals surface area contributed by atoms with Crippen molar-refractivity contribution in [2.45, 2.75) is 25.9 Å². The van der Waals surface area contributed by atoms with Gasteiger partial charge in [-0.25, -0.2) is 4.79 Å². The number of nitrogens with two attached hydrogens (primary N) is 1. The minimum atomic E-state index is -0.766. The highest BCUT2D eigenvalue weighted by Gasteiger charge is 2.01. The van der Waals surface area contributed by atoms with Gasteiger partial charge in [0, 0.05) is 0 Å². The zero-order valence-corrected chi connectivity index (χ0v) is 7.25. The minimum absolute atomic E-state index is 0.279. The number of rotatable bonds is 5. The van der Waals surface area contributed by atoms with E-state index in [-0.39, 0.29) is 6.61 Å². The summed E-state index contributed by atoms with van der Waals surface area (Å²) in [7, 11) is 0. The molecule has 0 bridgehead atoms. The zero-order chi connectivity index (χ0) is 9.56. The molecule has 4 heteroatoms. The Balaban J connectivity index is 3.32. The molecule has 0 aromatic rings. The van der Waals surface area contributed by atoms with E-state index >= 15 is 0 Å². The predicted octanol–water partition coefficient (Wildman–Crippen LogP) is 0.799. The maximum atomic E-state index is 10.1. The largest absolute Gasteiger partial charge is 0.450 e. The molecule has 0 aliphatic carbocycles. The summed E-state index contributed by atoms with van der Waals surface area (Å²) < 4.78 is 4.49. The smallest absolute Gasteiger partial charge is 0.404 e. The molecule has 4 nitrogen and oxygen atoms in total. The van der Waals surface area contributed by atoms with E-state index in [1.807, 2.05) is 0 Å². The van der Waals surface area contributed by atoms with E-state index in [0.29, 0.717) is 12.8 Å². The van der Waals surface area contributed by atoms with E-state index in [0.717, 1.165) is 5.57 Å². The Bertz CT molecular complexity index is 166. The van der Waals surface area contributed by atoms with E-state index < -0.39 is 12.2 Å². The van der Waals surface area contributed by atoms with Crippen LogP contribution in [-0.2, 0) is 4.74 Å². The number of primary amides is 1. The Hall–Kier alpha value is -1.03. The first-order valence-corrected chi connectivity index (χ1v) is 3.82. The molecule has 0 aliphatic heterocycles. The van der Waals surface area contributed by atoms with Gasteiger partial charge in [0.05, 0.1) is 12.7 Å². The number of hydrogen-bond acceptors (Lipinski definition) is 3. The van der Waals surface area contributed by atoms with Crippen molar-refractivity contribution in [3.05, 3.63) is 12.2 Å². The molecule has 0 fully saturated rings. The van der Waals surface area contributed by atoms with Gasteiger partial charge in [0.2, 0.25) is 0 Å². The highest BCUT2D eigenvalue weighted by atomic mass is 16.5. The first-order valence-electron chi connectivity index (χ1n) is 3.82. The maximum Gasteiger partial charge on any atom is 0.404 e. The molecule has 1 amide bonds. The van der Waals surface area contributed by atoms with Crippen LogP contribution in [0.15, 0.2) is 12.2 Å². The third-order valence-corrected chi connectivity index (χ3v) is 1.48. The lowest BCUT2D eigenvalue weighted by Crippen LogP contribution is -2.14. The fraction of sp³-hybridized carbons (Fsp3) is 0.625. The van der Waals surface area contributed by atoms with Crippen LogP contribution in [0.3, 0.4) is 0 Å². The molecule has 1 unspecified atom stereocenters. The summed E-state index contributed by atoms with van der Waals surface area (Å²) in [5.41, 5.74) is 5.48. The molecule has 70 valence electrons. The molecule has 0 spiro atoms. The van der Waals surface area contributed by atoms with Crippen molar-refractivity contribution in [3.63, 3.8) is 0 Å². The van der Waals surface area contributed by atoms with Gasteiger partial charge in [-0.05, 0) is 25.3 Å². The normalized spacial score (nSPS) is 12.2. The number of aliphatic hydroxyl groups is 1. The highest BCUT2D eigenvalue weighted by molar-refractivity contribution is 5.64. The molecule has 0 aromatic heterocycles. The van der Waals surface area contributed by atoms with Gasteiger partial charge in [-0.2, -0.15) is 0 Å². The van der Waals surface area contributed by atoms with Gasteiger partial charge in [0.1, 0.15) is 0 Å². The summed E-state index contributed by atoms with van der Waals surface area (Å²) in [6, 6.07) is 0. The van der Waals surface area contributed by atoms with Gasteiger partial charge in [0.25, 0.3) is 0 Å².